The van der Waals surface area contributed by atoms with Crippen molar-refractivity contribution in [3.63, 3.8) is 0 Å². The second-order valence-corrected chi connectivity index (χ2v) is 4.32. The third-order valence-electron chi connectivity index (χ3n) is 2.84. The highest BCUT2D eigenvalue weighted by Gasteiger charge is 2.06. The van der Waals surface area contributed by atoms with Gasteiger partial charge in [-0.15, -0.1) is 0 Å². The molecule has 2 rings (SSSR count). The maximum atomic E-state index is 13.2. The molecule has 0 atom stereocenters. The lowest BCUT2D eigenvalue weighted by Crippen LogP contribution is -1.96. The summed E-state index contributed by atoms with van der Waals surface area (Å²) >= 11 is 0. The smallest absolute Gasteiger partial charge is 0.162 e. The van der Waals surface area contributed by atoms with Gasteiger partial charge in [0.25, 0.3) is 0 Å². The summed E-state index contributed by atoms with van der Waals surface area (Å²) in [5.74, 6) is 0.938. The van der Waals surface area contributed by atoms with Crippen LogP contribution in [0.5, 0.6) is 11.5 Å². The van der Waals surface area contributed by atoms with Crippen molar-refractivity contribution in [1.82, 2.24) is 0 Å². The summed E-state index contributed by atoms with van der Waals surface area (Å²) in [5.41, 5.74) is 1.15. The average Bonchev–Trinajstić information content (AvgIpc) is 2.42. The molecule has 0 amide bonds. The zero-order valence-electron chi connectivity index (χ0n) is 10.9. The Morgan fingerprint density at radius 3 is 2.58 bits per heavy atom. The van der Waals surface area contributed by atoms with E-state index in [-0.39, 0.29) is 11.6 Å². The highest BCUT2D eigenvalue weighted by molar-refractivity contribution is 5.96. The van der Waals surface area contributed by atoms with E-state index in [4.69, 9.17) is 4.74 Å². The van der Waals surface area contributed by atoms with E-state index in [9.17, 15) is 9.18 Å². The first-order valence-electron chi connectivity index (χ1n) is 6.17. The van der Waals surface area contributed by atoms with Crippen molar-refractivity contribution in [2.75, 3.05) is 0 Å². The number of carbonyl (C=O) groups excluding carboxylic acids is 1. The van der Waals surface area contributed by atoms with Crippen molar-refractivity contribution in [3.8, 4) is 11.5 Å². The van der Waals surface area contributed by atoms with Gasteiger partial charge in [-0.05, 0) is 42.8 Å². The molecular weight excluding hydrogens is 243 g/mol. The van der Waals surface area contributed by atoms with Gasteiger partial charge in [0.05, 0.1) is 0 Å². The number of benzene rings is 2. The van der Waals surface area contributed by atoms with Crippen LogP contribution in [-0.2, 0) is 0 Å². The van der Waals surface area contributed by atoms with E-state index in [1.807, 2.05) is 6.92 Å². The molecule has 0 saturated carbocycles. The highest BCUT2D eigenvalue weighted by atomic mass is 19.1. The molecule has 0 saturated heterocycles. The van der Waals surface area contributed by atoms with Crippen molar-refractivity contribution in [3.05, 3.63) is 59.4 Å². The number of hydrogen-bond acceptors (Lipinski definition) is 2. The minimum Gasteiger partial charge on any atom is -0.457 e. The predicted molar refractivity (Wildman–Crippen MR) is 72.3 cm³/mol. The largest absolute Gasteiger partial charge is 0.457 e. The number of halogens is 1. The summed E-state index contributed by atoms with van der Waals surface area (Å²) in [6.45, 7) is 3.50. The molecule has 0 fully saturated rings. The van der Waals surface area contributed by atoms with Gasteiger partial charge in [0, 0.05) is 12.0 Å². The SMILES string of the molecule is CCC(=O)c1cccc(Oc2ccc(F)c(C)c2)c1. The molecule has 0 radical (unpaired) electrons. The molecule has 2 nitrogen and oxygen atoms in total. The van der Waals surface area contributed by atoms with Crippen LogP contribution < -0.4 is 4.74 Å². The third kappa shape index (κ3) is 3.19. The molecule has 0 unspecified atom stereocenters. The summed E-state index contributed by atoms with van der Waals surface area (Å²) in [6, 6.07) is 11.6. The van der Waals surface area contributed by atoms with Gasteiger partial charge in [-0.25, -0.2) is 4.39 Å². The number of hydrogen-bond donors (Lipinski definition) is 0. The van der Waals surface area contributed by atoms with Crippen LogP contribution in [0.3, 0.4) is 0 Å². The molecule has 0 spiro atoms. The lowest BCUT2D eigenvalue weighted by atomic mass is 10.1. The predicted octanol–water partition coefficient (Wildman–Crippen LogP) is 4.52. The average molecular weight is 258 g/mol. The van der Waals surface area contributed by atoms with E-state index in [0.29, 0.717) is 29.0 Å². The van der Waals surface area contributed by atoms with Gasteiger partial charge >= 0.3 is 0 Å². The van der Waals surface area contributed by atoms with Crippen molar-refractivity contribution < 1.29 is 13.9 Å². The van der Waals surface area contributed by atoms with Gasteiger partial charge in [0.15, 0.2) is 5.78 Å². The van der Waals surface area contributed by atoms with Crippen LogP contribution in [0.25, 0.3) is 0 Å². The Bertz CT molecular complexity index is 605. The Morgan fingerprint density at radius 1 is 1.16 bits per heavy atom. The van der Waals surface area contributed by atoms with Crippen LogP contribution in [0.2, 0.25) is 0 Å². The Morgan fingerprint density at radius 2 is 1.89 bits per heavy atom. The molecule has 0 heterocycles. The van der Waals surface area contributed by atoms with Gasteiger partial charge in [0.1, 0.15) is 17.3 Å². The molecule has 3 heteroatoms. The maximum Gasteiger partial charge on any atom is 0.162 e. The van der Waals surface area contributed by atoms with Crippen molar-refractivity contribution >= 4 is 5.78 Å². The van der Waals surface area contributed by atoms with Crippen LogP contribution >= 0.6 is 0 Å². The van der Waals surface area contributed by atoms with Crippen molar-refractivity contribution in [2.24, 2.45) is 0 Å². The number of Topliss-reactive ketones (excluding diaryl/α,β-unsaturated/α-hetero) is 1. The van der Waals surface area contributed by atoms with Crippen molar-refractivity contribution in [2.45, 2.75) is 20.3 Å². The molecule has 19 heavy (non-hydrogen) atoms. The lowest BCUT2D eigenvalue weighted by Gasteiger charge is -2.08. The fourth-order valence-corrected chi connectivity index (χ4v) is 1.75. The highest BCUT2D eigenvalue weighted by Crippen LogP contribution is 2.24. The zero-order chi connectivity index (χ0) is 13.8. The van der Waals surface area contributed by atoms with Crippen LogP contribution in [0, 0.1) is 12.7 Å². The van der Waals surface area contributed by atoms with Gasteiger partial charge in [-0.1, -0.05) is 19.1 Å². The topological polar surface area (TPSA) is 26.3 Å². The zero-order valence-corrected chi connectivity index (χ0v) is 10.9. The summed E-state index contributed by atoms with van der Waals surface area (Å²) in [4.78, 5) is 11.6. The summed E-state index contributed by atoms with van der Waals surface area (Å²) in [6.07, 6.45) is 0.457. The molecule has 98 valence electrons. The molecule has 0 aliphatic carbocycles. The molecule has 0 aliphatic heterocycles. The van der Waals surface area contributed by atoms with Gasteiger partial charge in [-0.3, -0.25) is 4.79 Å². The minimum atomic E-state index is -0.262. The minimum absolute atomic E-state index is 0.0701. The molecule has 0 N–H and O–H groups in total. The van der Waals surface area contributed by atoms with E-state index in [1.165, 1.54) is 6.07 Å². The van der Waals surface area contributed by atoms with Crippen LogP contribution in [0.15, 0.2) is 42.5 Å². The summed E-state index contributed by atoms with van der Waals surface area (Å²) < 4.78 is 18.8. The van der Waals surface area contributed by atoms with Gasteiger partial charge in [-0.2, -0.15) is 0 Å². The molecule has 0 aromatic heterocycles. The molecule has 0 aliphatic rings. The van der Waals surface area contributed by atoms with Crippen LogP contribution in [-0.4, -0.2) is 5.78 Å². The van der Waals surface area contributed by atoms with Gasteiger partial charge < -0.3 is 4.74 Å². The summed E-state index contributed by atoms with van der Waals surface area (Å²) in [5, 5.41) is 0. The molecule has 2 aromatic rings. The Kier molecular flexibility index (Phi) is 3.95. The van der Waals surface area contributed by atoms with E-state index in [1.54, 1.807) is 43.3 Å². The number of rotatable bonds is 4. The van der Waals surface area contributed by atoms with Crippen molar-refractivity contribution in [1.29, 1.82) is 0 Å². The van der Waals surface area contributed by atoms with E-state index in [2.05, 4.69) is 0 Å². The van der Waals surface area contributed by atoms with E-state index in [0.717, 1.165) is 0 Å². The standard InChI is InChI=1S/C16H15FO2/c1-3-16(18)12-5-4-6-13(10-12)19-14-7-8-15(17)11(2)9-14/h4-10H,3H2,1-2H3. The Balaban J connectivity index is 2.23. The second kappa shape index (κ2) is 5.65. The fraction of sp³-hybridized carbons (Fsp3) is 0.188. The summed E-state index contributed by atoms with van der Waals surface area (Å²) in [7, 11) is 0. The first-order chi connectivity index (χ1) is 9.10. The maximum absolute atomic E-state index is 13.2. The van der Waals surface area contributed by atoms with Gasteiger partial charge in [0.2, 0.25) is 0 Å². The number of ketones is 1. The first-order valence-corrected chi connectivity index (χ1v) is 6.17. The van der Waals surface area contributed by atoms with E-state index >= 15 is 0 Å². The monoisotopic (exact) mass is 258 g/mol. The van der Waals surface area contributed by atoms with E-state index < -0.39 is 0 Å². The number of ether oxygens (including phenoxy) is 1. The molecule has 0 bridgehead atoms. The lowest BCUT2D eigenvalue weighted by molar-refractivity contribution is 0.0988. The molecular formula is C16H15FO2. The second-order valence-electron chi connectivity index (χ2n) is 4.32. The van der Waals surface area contributed by atoms with Crippen LogP contribution in [0.4, 0.5) is 4.39 Å². The third-order valence-corrected chi connectivity index (χ3v) is 2.84. The normalized spacial score (nSPS) is 10.3. The number of carbonyl (C=O) groups is 1. The number of aryl methyl sites for hydroxylation is 1. The van der Waals surface area contributed by atoms with Crippen LogP contribution in [0.1, 0.15) is 29.3 Å². The fourth-order valence-electron chi connectivity index (χ4n) is 1.75. The first kappa shape index (κ1) is 13.3. The quantitative estimate of drug-likeness (QED) is 0.754. The Hall–Kier alpha value is -2.16. The Labute approximate surface area is 111 Å². The molecule has 2 aromatic carbocycles.